The summed E-state index contributed by atoms with van der Waals surface area (Å²) in [6, 6.07) is 5.93. The molecule has 0 saturated carbocycles. The van der Waals surface area contributed by atoms with Crippen LogP contribution in [-0.2, 0) is 10.7 Å². The minimum Gasteiger partial charge on any atom is -0.462 e. The van der Waals surface area contributed by atoms with Crippen LogP contribution < -0.4 is 0 Å². The molecule has 0 spiro atoms. The predicted octanol–water partition coefficient (Wildman–Crippen LogP) is 3.35. The number of hydrogen-bond acceptors (Lipinski definition) is 8. The Balaban J connectivity index is 1.81. The van der Waals surface area contributed by atoms with Gasteiger partial charge in [-0.3, -0.25) is 4.79 Å². The number of esters is 1. The average molecular weight is 402 g/mol. The number of carbonyl (C=O) groups is 2. The van der Waals surface area contributed by atoms with Gasteiger partial charge in [-0.1, -0.05) is 29.4 Å². The summed E-state index contributed by atoms with van der Waals surface area (Å²) < 4.78 is 35.9. The molecule has 0 fully saturated rings. The van der Waals surface area contributed by atoms with Crippen LogP contribution in [0.15, 0.2) is 35.0 Å². The number of halogens is 2. The van der Waals surface area contributed by atoms with Gasteiger partial charge >= 0.3 is 11.9 Å². The molecule has 0 atom stereocenters. The summed E-state index contributed by atoms with van der Waals surface area (Å²) in [6.07, 6.45) is 1.24. The van der Waals surface area contributed by atoms with E-state index >= 15 is 0 Å². The van der Waals surface area contributed by atoms with Gasteiger partial charge in [0.2, 0.25) is 17.4 Å². The Morgan fingerprint density at radius 3 is 2.41 bits per heavy atom. The van der Waals surface area contributed by atoms with Crippen LogP contribution in [0.1, 0.15) is 52.0 Å². The third-order valence-electron chi connectivity index (χ3n) is 3.88. The normalized spacial score (nSPS) is 11.3. The molecule has 29 heavy (non-hydrogen) atoms. The van der Waals surface area contributed by atoms with E-state index in [9.17, 15) is 18.4 Å². The third kappa shape index (κ3) is 4.31. The van der Waals surface area contributed by atoms with Gasteiger partial charge in [0.25, 0.3) is 5.89 Å². The number of hydrogen-bond donors (Lipinski definition) is 0. The highest BCUT2D eigenvalue weighted by Crippen LogP contribution is 2.27. The van der Waals surface area contributed by atoms with Crippen molar-refractivity contribution in [3.05, 3.63) is 59.0 Å². The molecule has 3 aromatic rings. The average Bonchev–Trinajstić information content (AvgIpc) is 3.18. The lowest BCUT2D eigenvalue weighted by molar-refractivity contribution is -0.0158. The molecule has 150 valence electrons. The molecule has 0 aliphatic carbocycles. The van der Waals surface area contributed by atoms with Crippen LogP contribution >= 0.6 is 0 Å². The fraction of sp³-hybridized carbons (Fsp3) is 0.263. The maximum absolute atomic E-state index is 13.2. The van der Waals surface area contributed by atoms with Crippen molar-refractivity contribution in [2.24, 2.45) is 0 Å². The monoisotopic (exact) mass is 402 g/mol. The van der Waals surface area contributed by atoms with E-state index in [1.54, 1.807) is 13.8 Å². The number of ether oxygens (including phenoxy) is 1. The van der Waals surface area contributed by atoms with Crippen LogP contribution in [0.2, 0.25) is 0 Å². The molecule has 0 amide bonds. The topological polar surface area (TPSA) is 108 Å². The number of rotatable bonds is 6. The van der Waals surface area contributed by atoms with Gasteiger partial charge in [0.05, 0.1) is 17.9 Å². The highest BCUT2D eigenvalue weighted by atomic mass is 19.3. The van der Waals surface area contributed by atoms with Crippen LogP contribution in [0.25, 0.3) is 11.4 Å². The van der Waals surface area contributed by atoms with Crippen molar-refractivity contribution in [1.82, 2.24) is 20.1 Å². The van der Waals surface area contributed by atoms with Gasteiger partial charge in [-0.2, -0.15) is 13.8 Å². The SMILES string of the molecule is CCOC(=O)c1cnc(C(=O)c2ccc(-c3noc(C(C)(F)F)n3)cc2)nc1C. The van der Waals surface area contributed by atoms with Crippen LogP contribution in [0.3, 0.4) is 0 Å². The lowest BCUT2D eigenvalue weighted by Gasteiger charge is -2.06. The van der Waals surface area contributed by atoms with E-state index in [0.29, 0.717) is 18.2 Å². The molecule has 2 heterocycles. The Bertz CT molecular complexity index is 1060. The molecule has 10 heteroatoms. The Morgan fingerprint density at radius 2 is 1.86 bits per heavy atom. The smallest absolute Gasteiger partial charge is 0.341 e. The highest BCUT2D eigenvalue weighted by molar-refractivity contribution is 6.06. The van der Waals surface area contributed by atoms with Gasteiger partial charge in [-0.15, -0.1) is 0 Å². The number of carbonyl (C=O) groups excluding carboxylic acids is 2. The minimum absolute atomic E-state index is 0.0218. The van der Waals surface area contributed by atoms with Gasteiger partial charge in [0, 0.05) is 24.2 Å². The predicted molar refractivity (Wildman–Crippen MR) is 95.5 cm³/mol. The molecule has 1 aromatic carbocycles. The highest BCUT2D eigenvalue weighted by Gasteiger charge is 2.32. The van der Waals surface area contributed by atoms with Crippen molar-refractivity contribution in [2.45, 2.75) is 26.7 Å². The summed E-state index contributed by atoms with van der Waals surface area (Å²) in [4.78, 5) is 36.1. The maximum atomic E-state index is 13.2. The van der Waals surface area contributed by atoms with Crippen molar-refractivity contribution in [3.8, 4) is 11.4 Å². The molecule has 0 bridgehead atoms. The van der Waals surface area contributed by atoms with Gasteiger partial charge < -0.3 is 9.26 Å². The van der Waals surface area contributed by atoms with E-state index in [1.807, 2.05) is 0 Å². The number of aromatic nitrogens is 4. The van der Waals surface area contributed by atoms with Crippen molar-refractivity contribution in [1.29, 1.82) is 0 Å². The fourth-order valence-electron chi connectivity index (χ4n) is 2.40. The molecule has 8 nitrogen and oxygen atoms in total. The van der Waals surface area contributed by atoms with Gasteiger partial charge in [0.1, 0.15) is 0 Å². The summed E-state index contributed by atoms with van der Waals surface area (Å²) in [7, 11) is 0. The number of benzene rings is 1. The van der Waals surface area contributed by atoms with E-state index in [1.165, 1.54) is 30.5 Å². The molecule has 0 saturated heterocycles. The second-order valence-electron chi connectivity index (χ2n) is 6.13. The first-order chi connectivity index (χ1) is 13.7. The standard InChI is InChI=1S/C19H16F2N4O4/c1-4-28-17(27)13-9-22-16(23-10(13)2)14(26)11-5-7-12(8-6-11)15-24-18(29-25-15)19(3,20)21/h5-9H,4H2,1-3H3. The summed E-state index contributed by atoms with van der Waals surface area (Å²) in [5, 5.41) is 3.52. The van der Waals surface area contributed by atoms with Gasteiger partial charge in [0.15, 0.2) is 0 Å². The fourth-order valence-corrected chi connectivity index (χ4v) is 2.40. The minimum atomic E-state index is -3.24. The number of alkyl halides is 2. The van der Waals surface area contributed by atoms with Crippen molar-refractivity contribution < 1.29 is 27.6 Å². The molecular formula is C19H16F2N4O4. The number of ketones is 1. The zero-order valence-corrected chi connectivity index (χ0v) is 15.8. The second-order valence-corrected chi connectivity index (χ2v) is 6.13. The molecule has 0 aliphatic rings. The Kier molecular flexibility index (Phi) is 5.44. The second kappa shape index (κ2) is 7.82. The van der Waals surface area contributed by atoms with Crippen LogP contribution in [0.5, 0.6) is 0 Å². The van der Waals surface area contributed by atoms with Crippen LogP contribution in [-0.4, -0.2) is 38.5 Å². The van der Waals surface area contributed by atoms with Crippen LogP contribution in [0.4, 0.5) is 8.78 Å². The van der Waals surface area contributed by atoms with E-state index in [0.717, 1.165) is 0 Å². The molecule has 3 rings (SSSR count). The molecular weight excluding hydrogens is 386 g/mol. The summed E-state index contributed by atoms with van der Waals surface area (Å²) in [6.45, 7) is 4.12. The van der Waals surface area contributed by atoms with Crippen LogP contribution in [0, 0.1) is 6.92 Å². The van der Waals surface area contributed by atoms with E-state index in [-0.39, 0.29) is 29.4 Å². The van der Waals surface area contributed by atoms with Crippen molar-refractivity contribution in [3.63, 3.8) is 0 Å². The number of nitrogens with zero attached hydrogens (tertiary/aromatic N) is 4. The first-order valence-electron chi connectivity index (χ1n) is 8.58. The molecule has 2 aromatic heterocycles. The zero-order valence-electron chi connectivity index (χ0n) is 15.8. The van der Waals surface area contributed by atoms with Gasteiger partial charge in [-0.25, -0.2) is 14.8 Å². The molecule has 0 N–H and O–H groups in total. The van der Waals surface area contributed by atoms with Crippen molar-refractivity contribution in [2.75, 3.05) is 6.61 Å². The van der Waals surface area contributed by atoms with Crippen molar-refractivity contribution >= 4 is 11.8 Å². The molecule has 0 unspecified atom stereocenters. The van der Waals surface area contributed by atoms with Gasteiger partial charge in [-0.05, 0) is 13.8 Å². The van der Waals surface area contributed by atoms with E-state index in [2.05, 4.69) is 24.6 Å². The maximum Gasteiger partial charge on any atom is 0.341 e. The quantitative estimate of drug-likeness (QED) is 0.456. The molecule has 0 radical (unpaired) electrons. The third-order valence-corrected chi connectivity index (χ3v) is 3.88. The van der Waals surface area contributed by atoms with E-state index in [4.69, 9.17) is 4.74 Å². The first kappa shape index (κ1) is 20.2. The number of aryl methyl sites for hydroxylation is 1. The molecule has 0 aliphatic heterocycles. The Hall–Kier alpha value is -3.56. The Labute approximate surface area is 163 Å². The summed E-state index contributed by atoms with van der Waals surface area (Å²) in [5.41, 5.74) is 1.16. The zero-order chi connectivity index (χ0) is 21.2. The Morgan fingerprint density at radius 1 is 1.17 bits per heavy atom. The summed E-state index contributed by atoms with van der Waals surface area (Å²) in [5.74, 6) is -5.18. The first-order valence-corrected chi connectivity index (χ1v) is 8.58. The largest absolute Gasteiger partial charge is 0.462 e. The summed E-state index contributed by atoms with van der Waals surface area (Å²) >= 11 is 0. The van der Waals surface area contributed by atoms with E-state index < -0.39 is 23.6 Å². The lowest BCUT2D eigenvalue weighted by Crippen LogP contribution is -2.13. The lowest BCUT2D eigenvalue weighted by atomic mass is 10.1.